The van der Waals surface area contributed by atoms with Crippen LogP contribution in [-0.4, -0.2) is 47.5 Å². The van der Waals surface area contributed by atoms with Crippen molar-refractivity contribution in [2.24, 2.45) is 12.8 Å². The molecule has 0 bridgehead atoms. The van der Waals surface area contributed by atoms with Gasteiger partial charge in [0.1, 0.15) is 5.60 Å². The molecule has 0 amide bonds. The van der Waals surface area contributed by atoms with Gasteiger partial charge in [-0.3, -0.25) is 9.58 Å². The predicted octanol–water partition coefficient (Wildman–Crippen LogP) is 0.770. The van der Waals surface area contributed by atoms with Crippen molar-refractivity contribution in [1.82, 2.24) is 14.7 Å². The second kappa shape index (κ2) is 7.31. The number of aromatic nitrogens is 2. The molecule has 1 aliphatic rings. The van der Waals surface area contributed by atoms with Crippen molar-refractivity contribution in [1.29, 1.82) is 0 Å². The number of ether oxygens (including phenoxy) is 1. The molecule has 7 heteroatoms. The highest BCUT2D eigenvalue weighted by molar-refractivity contribution is 5.85. The lowest BCUT2D eigenvalue weighted by atomic mass is 9.97. The van der Waals surface area contributed by atoms with Gasteiger partial charge in [-0.05, 0) is 6.92 Å². The lowest BCUT2D eigenvalue weighted by Gasteiger charge is -2.39. The van der Waals surface area contributed by atoms with E-state index in [9.17, 15) is 0 Å². The second-order valence-corrected chi connectivity index (χ2v) is 4.55. The Morgan fingerprint density at radius 2 is 2.22 bits per heavy atom. The van der Waals surface area contributed by atoms with Crippen LogP contribution in [0.15, 0.2) is 12.4 Å². The number of nitrogens with two attached hydrogens (primary N) is 1. The number of hydrogen-bond acceptors (Lipinski definition) is 4. The van der Waals surface area contributed by atoms with Gasteiger partial charge < -0.3 is 10.5 Å². The van der Waals surface area contributed by atoms with Gasteiger partial charge in [-0.1, -0.05) is 0 Å². The Bertz CT molecular complexity index is 359. The van der Waals surface area contributed by atoms with E-state index in [2.05, 4.69) is 16.9 Å². The SMILES string of the molecule is Cl.Cl.Cn1cc(C2(C)CN(CCN)CCO2)cn1. The molecule has 18 heavy (non-hydrogen) atoms. The fourth-order valence-corrected chi connectivity index (χ4v) is 2.19. The highest BCUT2D eigenvalue weighted by atomic mass is 35.5. The van der Waals surface area contributed by atoms with E-state index >= 15 is 0 Å². The Labute approximate surface area is 120 Å². The molecule has 0 radical (unpaired) electrons. The number of halogens is 2. The van der Waals surface area contributed by atoms with E-state index < -0.39 is 0 Å². The molecule has 1 unspecified atom stereocenters. The van der Waals surface area contributed by atoms with Crippen molar-refractivity contribution in [3.8, 4) is 0 Å². The van der Waals surface area contributed by atoms with Gasteiger partial charge in [0.2, 0.25) is 0 Å². The van der Waals surface area contributed by atoms with Crippen LogP contribution in [0.4, 0.5) is 0 Å². The summed E-state index contributed by atoms with van der Waals surface area (Å²) in [7, 11) is 1.92. The molecule has 0 saturated carbocycles. The largest absolute Gasteiger partial charge is 0.368 e. The van der Waals surface area contributed by atoms with E-state index in [0.29, 0.717) is 6.54 Å². The van der Waals surface area contributed by atoms with E-state index in [1.807, 2.05) is 24.1 Å². The summed E-state index contributed by atoms with van der Waals surface area (Å²) in [6.45, 7) is 6.35. The van der Waals surface area contributed by atoms with Crippen molar-refractivity contribution in [3.63, 3.8) is 0 Å². The van der Waals surface area contributed by atoms with Gasteiger partial charge in [-0.15, -0.1) is 24.8 Å². The van der Waals surface area contributed by atoms with E-state index in [4.69, 9.17) is 10.5 Å². The van der Waals surface area contributed by atoms with Crippen LogP contribution in [0, 0.1) is 0 Å². The highest BCUT2D eigenvalue weighted by Crippen LogP contribution is 2.28. The normalized spacial score (nSPS) is 24.2. The van der Waals surface area contributed by atoms with Crippen molar-refractivity contribution < 1.29 is 4.74 Å². The number of aryl methyl sites for hydroxylation is 1. The van der Waals surface area contributed by atoms with Gasteiger partial charge in [0.25, 0.3) is 0 Å². The predicted molar refractivity (Wildman–Crippen MR) is 76.5 cm³/mol. The summed E-state index contributed by atoms with van der Waals surface area (Å²) < 4.78 is 7.72. The molecule has 1 aromatic heterocycles. The van der Waals surface area contributed by atoms with Crippen LogP contribution in [0.2, 0.25) is 0 Å². The minimum atomic E-state index is -0.248. The van der Waals surface area contributed by atoms with Crippen molar-refractivity contribution in [2.75, 3.05) is 32.8 Å². The first kappa shape index (κ1) is 17.7. The highest BCUT2D eigenvalue weighted by Gasteiger charge is 2.34. The molecule has 2 rings (SSSR count). The molecule has 1 saturated heterocycles. The smallest absolute Gasteiger partial charge is 0.106 e. The van der Waals surface area contributed by atoms with Crippen LogP contribution in [0.25, 0.3) is 0 Å². The standard InChI is InChI=1S/C11H20N4O.2ClH/c1-11(10-7-13-14(2)8-10)9-15(4-3-12)5-6-16-11;;/h7-8H,3-6,9,12H2,1-2H3;2*1H. The van der Waals surface area contributed by atoms with Gasteiger partial charge in [0.05, 0.1) is 12.8 Å². The Morgan fingerprint density at radius 3 is 2.78 bits per heavy atom. The molecule has 1 aromatic rings. The average Bonchev–Trinajstić information content (AvgIpc) is 2.66. The summed E-state index contributed by atoms with van der Waals surface area (Å²) in [4.78, 5) is 2.34. The summed E-state index contributed by atoms with van der Waals surface area (Å²) in [5.74, 6) is 0. The summed E-state index contributed by atoms with van der Waals surface area (Å²) in [6.07, 6.45) is 3.90. The van der Waals surface area contributed by atoms with Crippen molar-refractivity contribution in [3.05, 3.63) is 18.0 Å². The molecule has 0 spiro atoms. The number of hydrogen-bond donors (Lipinski definition) is 1. The zero-order valence-electron chi connectivity index (χ0n) is 10.8. The molecule has 5 nitrogen and oxygen atoms in total. The van der Waals surface area contributed by atoms with Crippen LogP contribution in [-0.2, 0) is 17.4 Å². The quantitative estimate of drug-likeness (QED) is 0.895. The summed E-state index contributed by atoms with van der Waals surface area (Å²) in [5, 5.41) is 4.20. The third kappa shape index (κ3) is 3.83. The van der Waals surface area contributed by atoms with Crippen LogP contribution in [0.3, 0.4) is 0 Å². The molecule has 0 aliphatic carbocycles. The van der Waals surface area contributed by atoms with Crippen LogP contribution >= 0.6 is 24.8 Å². The molecule has 2 N–H and O–H groups in total. The summed E-state index contributed by atoms with van der Waals surface area (Å²) in [5.41, 5.74) is 6.48. The Balaban J connectivity index is 0.00000144. The number of morpholine rings is 1. The molecule has 106 valence electrons. The lowest BCUT2D eigenvalue weighted by molar-refractivity contribution is -0.102. The van der Waals surface area contributed by atoms with E-state index in [-0.39, 0.29) is 30.4 Å². The average molecular weight is 297 g/mol. The van der Waals surface area contributed by atoms with Crippen molar-refractivity contribution >= 4 is 24.8 Å². The molecule has 1 fully saturated rings. The maximum Gasteiger partial charge on any atom is 0.106 e. The maximum absolute atomic E-state index is 5.91. The van der Waals surface area contributed by atoms with Gasteiger partial charge in [0.15, 0.2) is 0 Å². The van der Waals surface area contributed by atoms with Crippen LogP contribution in [0.1, 0.15) is 12.5 Å². The third-order valence-corrected chi connectivity index (χ3v) is 3.11. The van der Waals surface area contributed by atoms with Gasteiger partial charge in [-0.25, -0.2) is 0 Å². The monoisotopic (exact) mass is 296 g/mol. The zero-order chi connectivity index (χ0) is 11.6. The lowest BCUT2D eigenvalue weighted by Crippen LogP contribution is -2.49. The first-order chi connectivity index (χ1) is 7.64. The van der Waals surface area contributed by atoms with Crippen LogP contribution in [0.5, 0.6) is 0 Å². The van der Waals surface area contributed by atoms with Gasteiger partial charge in [0, 0.05) is 45.0 Å². The first-order valence-corrected chi connectivity index (χ1v) is 5.69. The molecule has 1 atom stereocenters. The summed E-state index contributed by atoms with van der Waals surface area (Å²) in [6, 6.07) is 0. The third-order valence-electron chi connectivity index (χ3n) is 3.11. The van der Waals surface area contributed by atoms with Gasteiger partial charge in [-0.2, -0.15) is 5.10 Å². The topological polar surface area (TPSA) is 56.3 Å². The number of rotatable bonds is 3. The Kier molecular flexibility index (Phi) is 7.17. The van der Waals surface area contributed by atoms with E-state index in [1.165, 1.54) is 0 Å². The fraction of sp³-hybridized carbons (Fsp3) is 0.727. The zero-order valence-corrected chi connectivity index (χ0v) is 12.5. The Hall–Kier alpha value is -0.330. The molecular weight excluding hydrogens is 275 g/mol. The van der Waals surface area contributed by atoms with E-state index in [1.54, 1.807) is 0 Å². The number of nitrogens with zero attached hydrogens (tertiary/aromatic N) is 3. The van der Waals surface area contributed by atoms with Crippen molar-refractivity contribution in [2.45, 2.75) is 12.5 Å². The maximum atomic E-state index is 5.91. The summed E-state index contributed by atoms with van der Waals surface area (Å²) >= 11 is 0. The minimum Gasteiger partial charge on any atom is -0.368 e. The fourth-order valence-electron chi connectivity index (χ4n) is 2.19. The van der Waals surface area contributed by atoms with E-state index in [0.717, 1.165) is 31.8 Å². The molecular formula is C11H22Cl2N4O. The van der Waals surface area contributed by atoms with Crippen LogP contribution < -0.4 is 5.73 Å². The second-order valence-electron chi connectivity index (χ2n) is 4.55. The Morgan fingerprint density at radius 1 is 1.50 bits per heavy atom. The molecule has 2 heterocycles. The molecule has 0 aromatic carbocycles. The minimum absolute atomic E-state index is 0. The molecule has 1 aliphatic heterocycles. The van der Waals surface area contributed by atoms with Gasteiger partial charge >= 0.3 is 0 Å². The first-order valence-electron chi connectivity index (χ1n) is 5.69.